The average Bonchev–Trinajstić information content (AvgIpc) is 2.54. The van der Waals surface area contributed by atoms with Crippen molar-refractivity contribution < 1.29 is 9.47 Å². The number of methoxy groups -OCH3 is 1. The predicted octanol–water partition coefficient (Wildman–Crippen LogP) is 3.77. The van der Waals surface area contributed by atoms with Crippen molar-refractivity contribution in [2.24, 2.45) is 0 Å². The summed E-state index contributed by atoms with van der Waals surface area (Å²) in [5.74, 6) is 1.61. The second kappa shape index (κ2) is 8.32. The SMILES string of the molecule is CCCNCc1cccc(OC)c1OCc1ccccc1. The highest BCUT2D eigenvalue weighted by atomic mass is 16.5. The Morgan fingerprint density at radius 2 is 1.81 bits per heavy atom. The van der Waals surface area contributed by atoms with Gasteiger partial charge in [0, 0.05) is 12.1 Å². The van der Waals surface area contributed by atoms with E-state index in [2.05, 4.69) is 30.4 Å². The Kier molecular flexibility index (Phi) is 6.10. The Morgan fingerprint density at radius 1 is 1.00 bits per heavy atom. The molecule has 0 atom stereocenters. The lowest BCUT2D eigenvalue weighted by atomic mass is 10.1. The summed E-state index contributed by atoms with van der Waals surface area (Å²) in [5.41, 5.74) is 2.27. The molecule has 0 unspecified atom stereocenters. The van der Waals surface area contributed by atoms with Crippen LogP contribution < -0.4 is 14.8 Å². The molecule has 112 valence electrons. The van der Waals surface area contributed by atoms with Gasteiger partial charge in [-0.05, 0) is 24.6 Å². The van der Waals surface area contributed by atoms with Gasteiger partial charge in [-0.15, -0.1) is 0 Å². The zero-order chi connectivity index (χ0) is 14.9. The van der Waals surface area contributed by atoms with Crippen LogP contribution in [0.4, 0.5) is 0 Å². The minimum atomic E-state index is 0.544. The van der Waals surface area contributed by atoms with Crippen LogP contribution in [-0.4, -0.2) is 13.7 Å². The standard InChI is InChI=1S/C18H23NO2/c1-3-12-19-13-16-10-7-11-17(20-2)18(16)21-14-15-8-5-4-6-9-15/h4-11,19H,3,12-14H2,1-2H3. The molecule has 0 fully saturated rings. The fourth-order valence-corrected chi connectivity index (χ4v) is 2.15. The quantitative estimate of drug-likeness (QED) is 0.749. The third-order valence-corrected chi connectivity index (χ3v) is 3.25. The molecule has 0 aromatic heterocycles. The van der Waals surface area contributed by atoms with Gasteiger partial charge in [0.05, 0.1) is 7.11 Å². The normalized spacial score (nSPS) is 10.4. The van der Waals surface area contributed by atoms with Crippen LogP contribution in [0.3, 0.4) is 0 Å². The van der Waals surface area contributed by atoms with Gasteiger partial charge in [-0.3, -0.25) is 0 Å². The van der Waals surface area contributed by atoms with Crippen molar-refractivity contribution in [3.63, 3.8) is 0 Å². The van der Waals surface area contributed by atoms with E-state index in [1.54, 1.807) is 7.11 Å². The van der Waals surface area contributed by atoms with E-state index in [4.69, 9.17) is 9.47 Å². The second-order valence-corrected chi connectivity index (χ2v) is 4.90. The molecule has 3 heteroatoms. The van der Waals surface area contributed by atoms with Gasteiger partial charge in [0.2, 0.25) is 0 Å². The molecule has 0 radical (unpaired) electrons. The first-order valence-corrected chi connectivity index (χ1v) is 7.38. The van der Waals surface area contributed by atoms with E-state index in [0.29, 0.717) is 6.61 Å². The molecule has 0 aliphatic heterocycles. The Hall–Kier alpha value is -2.00. The summed E-state index contributed by atoms with van der Waals surface area (Å²) in [7, 11) is 1.67. The van der Waals surface area contributed by atoms with Crippen molar-refractivity contribution in [2.45, 2.75) is 26.5 Å². The maximum Gasteiger partial charge on any atom is 0.166 e. The van der Waals surface area contributed by atoms with Gasteiger partial charge in [0.25, 0.3) is 0 Å². The fourth-order valence-electron chi connectivity index (χ4n) is 2.15. The summed E-state index contributed by atoms with van der Waals surface area (Å²) in [6.07, 6.45) is 1.12. The van der Waals surface area contributed by atoms with Crippen LogP contribution in [0, 0.1) is 0 Å². The summed E-state index contributed by atoms with van der Waals surface area (Å²) in [5, 5.41) is 3.41. The monoisotopic (exact) mass is 285 g/mol. The Balaban J connectivity index is 2.11. The molecule has 2 rings (SSSR count). The molecular weight excluding hydrogens is 262 g/mol. The minimum Gasteiger partial charge on any atom is -0.493 e. The van der Waals surface area contributed by atoms with E-state index in [1.165, 1.54) is 0 Å². The summed E-state index contributed by atoms with van der Waals surface area (Å²) >= 11 is 0. The summed E-state index contributed by atoms with van der Waals surface area (Å²) in [6.45, 7) is 4.48. The molecule has 0 amide bonds. The number of benzene rings is 2. The van der Waals surface area contributed by atoms with Gasteiger partial charge < -0.3 is 14.8 Å². The number of hydrogen-bond acceptors (Lipinski definition) is 3. The molecule has 0 saturated carbocycles. The highest BCUT2D eigenvalue weighted by molar-refractivity contribution is 5.46. The molecule has 0 aliphatic rings. The number of nitrogens with one attached hydrogen (secondary N) is 1. The van der Waals surface area contributed by atoms with Crippen LogP contribution in [0.5, 0.6) is 11.5 Å². The lowest BCUT2D eigenvalue weighted by Gasteiger charge is -2.15. The van der Waals surface area contributed by atoms with Gasteiger partial charge in [0.15, 0.2) is 11.5 Å². The van der Waals surface area contributed by atoms with E-state index in [1.807, 2.05) is 30.3 Å². The van der Waals surface area contributed by atoms with Gasteiger partial charge >= 0.3 is 0 Å². The first-order chi connectivity index (χ1) is 10.3. The second-order valence-electron chi connectivity index (χ2n) is 4.90. The van der Waals surface area contributed by atoms with Crippen LogP contribution in [0.1, 0.15) is 24.5 Å². The summed E-state index contributed by atoms with van der Waals surface area (Å²) in [4.78, 5) is 0. The van der Waals surface area contributed by atoms with E-state index in [-0.39, 0.29) is 0 Å². The molecule has 0 saturated heterocycles. The fraction of sp³-hybridized carbons (Fsp3) is 0.333. The highest BCUT2D eigenvalue weighted by Gasteiger charge is 2.10. The smallest absolute Gasteiger partial charge is 0.166 e. The molecule has 21 heavy (non-hydrogen) atoms. The largest absolute Gasteiger partial charge is 0.493 e. The van der Waals surface area contributed by atoms with Crippen molar-refractivity contribution >= 4 is 0 Å². The lowest BCUT2D eigenvalue weighted by Crippen LogP contribution is -2.15. The van der Waals surface area contributed by atoms with Gasteiger partial charge in [0.1, 0.15) is 6.61 Å². The zero-order valence-corrected chi connectivity index (χ0v) is 12.8. The van der Waals surface area contributed by atoms with E-state index < -0.39 is 0 Å². The molecule has 2 aromatic rings. The molecule has 1 N–H and O–H groups in total. The third-order valence-electron chi connectivity index (χ3n) is 3.25. The van der Waals surface area contributed by atoms with Gasteiger partial charge in [-0.1, -0.05) is 49.4 Å². The molecular formula is C18H23NO2. The van der Waals surface area contributed by atoms with Crippen molar-refractivity contribution in [1.29, 1.82) is 0 Å². The van der Waals surface area contributed by atoms with Crippen molar-refractivity contribution in [3.05, 3.63) is 59.7 Å². The van der Waals surface area contributed by atoms with Crippen molar-refractivity contribution in [2.75, 3.05) is 13.7 Å². The highest BCUT2D eigenvalue weighted by Crippen LogP contribution is 2.31. The molecule has 3 nitrogen and oxygen atoms in total. The van der Waals surface area contributed by atoms with Crippen LogP contribution in [0.15, 0.2) is 48.5 Å². The molecule has 2 aromatic carbocycles. The maximum atomic E-state index is 6.01. The van der Waals surface area contributed by atoms with Crippen molar-refractivity contribution in [3.8, 4) is 11.5 Å². The predicted molar refractivity (Wildman–Crippen MR) is 85.8 cm³/mol. The molecule has 0 bridgehead atoms. The van der Waals surface area contributed by atoms with Crippen molar-refractivity contribution in [1.82, 2.24) is 5.32 Å². The first kappa shape index (κ1) is 15.4. The first-order valence-electron chi connectivity index (χ1n) is 7.38. The Bertz CT molecular complexity index is 540. The third kappa shape index (κ3) is 4.50. The number of hydrogen-bond donors (Lipinski definition) is 1. The maximum absolute atomic E-state index is 6.01. The number of rotatable bonds is 8. The average molecular weight is 285 g/mol. The topological polar surface area (TPSA) is 30.5 Å². The Labute approximate surface area is 126 Å². The Morgan fingerprint density at radius 3 is 2.52 bits per heavy atom. The van der Waals surface area contributed by atoms with Crippen LogP contribution in [-0.2, 0) is 13.2 Å². The van der Waals surface area contributed by atoms with E-state index in [9.17, 15) is 0 Å². The van der Waals surface area contributed by atoms with Gasteiger partial charge in [-0.25, -0.2) is 0 Å². The van der Waals surface area contributed by atoms with E-state index >= 15 is 0 Å². The van der Waals surface area contributed by atoms with E-state index in [0.717, 1.165) is 42.1 Å². The van der Waals surface area contributed by atoms with Gasteiger partial charge in [-0.2, -0.15) is 0 Å². The summed E-state index contributed by atoms with van der Waals surface area (Å²) < 4.78 is 11.4. The van der Waals surface area contributed by atoms with Crippen LogP contribution in [0.25, 0.3) is 0 Å². The zero-order valence-electron chi connectivity index (χ0n) is 12.8. The summed E-state index contributed by atoms with van der Waals surface area (Å²) in [6, 6.07) is 16.2. The van der Waals surface area contributed by atoms with Crippen LogP contribution >= 0.6 is 0 Å². The van der Waals surface area contributed by atoms with Crippen LogP contribution in [0.2, 0.25) is 0 Å². The lowest BCUT2D eigenvalue weighted by molar-refractivity contribution is 0.280. The molecule has 0 spiro atoms. The molecule has 0 aliphatic carbocycles. The number of ether oxygens (including phenoxy) is 2. The minimum absolute atomic E-state index is 0.544. The number of para-hydroxylation sites is 1. The molecule has 0 heterocycles.